The van der Waals surface area contributed by atoms with Crippen LogP contribution in [0, 0.1) is 0 Å². The van der Waals surface area contributed by atoms with Gasteiger partial charge in [0.25, 0.3) is 5.91 Å². The van der Waals surface area contributed by atoms with Crippen LogP contribution in [0.25, 0.3) is 0 Å². The minimum atomic E-state index is -0.122. The molecule has 1 aliphatic rings. The van der Waals surface area contributed by atoms with Crippen molar-refractivity contribution in [2.75, 3.05) is 5.32 Å². The van der Waals surface area contributed by atoms with E-state index in [1.807, 2.05) is 29.2 Å². The van der Waals surface area contributed by atoms with Gasteiger partial charge in [-0.3, -0.25) is 4.79 Å². The van der Waals surface area contributed by atoms with Crippen LogP contribution in [-0.4, -0.2) is 16.8 Å². The van der Waals surface area contributed by atoms with Crippen LogP contribution >= 0.6 is 0 Å². The molecule has 0 bridgehead atoms. The summed E-state index contributed by atoms with van der Waals surface area (Å²) in [5.74, 6) is 0.614. The van der Waals surface area contributed by atoms with E-state index in [1.54, 1.807) is 0 Å². The molecular formula is C21H26N2O. The summed E-state index contributed by atoms with van der Waals surface area (Å²) >= 11 is 0. The molecule has 0 aliphatic carbocycles. The van der Waals surface area contributed by atoms with E-state index in [0.29, 0.717) is 5.92 Å². The van der Waals surface area contributed by atoms with Crippen LogP contribution < -0.4 is 5.32 Å². The van der Waals surface area contributed by atoms with E-state index < -0.39 is 0 Å². The predicted molar refractivity (Wildman–Crippen MR) is 99.3 cm³/mol. The molecular weight excluding hydrogens is 296 g/mol. The summed E-state index contributed by atoms with van der Waals surface area (Å²) < 4.78 is 0. The number of benzene rings is 2. The summed E-state index contributed by atoms with van der Waals surface area (Å²) in [6, 6.07) is 16.6. The molecule has 3 rings (SSSR count). The minimum absolute atomic E-state index is 0.108. The first-order valence-corrected chi connectivity index (χ1v) is 8.81. The Bertz CT molecular complexity index is 721. The summed E-state index contributed by atoms with van der Waals surface area (Å²) in [5.41, 5.74) is 4.12. The number of nitrogens with one attached hydrogen (secondary N) is 1. The van der Waals surface area contributed by atoms with Gasteiger partial charge in [0, 0.05) is 11.7 Å². The number of nitrogens with zero attached hydrogens (tertiary/aromatic N) is 1. The van der Waals surface area contributed by atoms with Crippen LogP contribution in [0.1, 0.15) is 67.7 Å². The molecule has 2 aromatic rings. The molecule has 3 heteroatoms. The van der Waals surface area contributed by atoms with E-state index in [0.717, 1.165) is 23.2 Å². The summed E-state index contributed by atoms with van der Waals surface area (Å²) in [5, 5.41) is 3.56. The first-order valence-electron chi connectivity index (χ1n) is 8.81. The Morgan fingerprint density at radius 1 is 1.04 bits per heavy atom. The highest BCUT2D eigenvalue weighted by atomic mass is 16.2. The number of hydrogen-bond donors (Lipinski definition) is 1. The first kappa shape index (κ1) is 16.6. The van der Waals surface area contributed by atoms with Crippen molar-refractivity contribution in [1.82, 2.24) is 4.90 Å². The fourth-order valence-electron chi connectivity index (χ4n) is 3.23. The maximum absolute atomic E-state index is 13.1. The Morgan fingerprint density at radius 2 is 1.71 bits per heavy atom. The second kappa shape index (κ2) is 6.68. The third-order valence-corrected chi connectivity index (χ3v) is 4.95. The standard InChI is InChI=1S/C21H26N2O/c1-5-15(4)23-20(17-12-10-16(11-13-17)14(2)3)22-19-9-7-6-8-18(19)21(23)24/h6-15,20,22H,5H2,1-4H3. The third-order valence-electron chi connectivity index (χ3n) is 4.95. The molecule has 24 heavy (non-hydrogen) atoms. The number of fused-ring (bicyclic) bond motifs is 1. The highest BCUT2D eigenvalue weighted by molar-refractivity contribution is 6.01. The fraction of sp³-hybridized carbons (Fsp3) is 0.381. The Balaban J connectivity index is 2.02. The van der Waals surface area contributed by atoms with E-state index in [-0.39, 0.29) is 18.1 Å². The van der Waals surface area contributed by atoms with Gasteiger partial charge in [0.1, 0.15) is 6.17 Å². The molecule has 2 atom stereocenters. The Labute approximate surface area is 144 Å². The highest BCUT2D eigenvalue weighted by Gasteiger charge is 2.35. The third kappa shape index (κ3) is 2.91. The van der Waals surface area contributed by atoms with Crippen molar-refractivity contribution in [2.24, 2.45) is 0 Å². The van der Waals surface area contributed by atoms with E-state index in [2.05, 4.69) is 57.3 Å². The normalized spacial score (nSPS) is 18.3. The van der Waals surface area contributed by atoms with Crippen LogP contribution in [-0.2, 0) is 0 Å². The molecule has 0 aromatic heterocycles. The molecule has 1 heterocycles. The molecule has 126 valence electrons. The lowest BCUT2D eigenvalue weighted by Gasteiger charge is -2.41. The number of anilines is 1. The average Bonchev–Trinajstić information content (AvgIpc) is 2.61. The van der Waals surface area contributed by atoms with Crippen LogP contribution in [0.2, 0.25) is 0 Å². The largest absolute Gasteiger partial charge is 0.361 e. The molecule has 0 saturated heterocycles. The molecule has 0 radical (unpaired) electrons. The van der Waals surface area contributed by atoms with E-state index in [1.165, 1.54) is 5.56 Å². The van der Waals surface area contributed by atoms with E-state index in [4.69, 9.17) is 0 Å². The summed E-state index contributed by atoms with van der Waals surface area (Å²) in [7, 11) is 0. The first-order chi connectivity index (χ1) is 11.5. The second-order valence-corrected chi connectivity index (χ2v) is 6.88. The smallest absolute Gasteiger partial charge is 0.258 e. The van der Waals surface area contributed by atoms with Gasteiger partial charge in [-0.15, -0.1) is 0 Å². The quantitative estimate of drug-likeness (QED) is 0.841. The monoisotopic (exact) mass is 322 g/mol. The summed E-state index contributed by atoms with van der Waals surface area (Å²) in [4.78, 5) is 15.0. The van der Waals surface area contributed by atoms with Crippen molar-refractivity contribution >= 4 is 11.6 Å². The summed E-state index contributed by atoms with van der Waals surface area (Å²) in [6.07, 6.45) is 0.805. The number of carbonyl (C=O) groups is 1. The van der Waals surface area contributed by atoms with Crippen LogP contribution in [0.15, 0.2) is 48.5 Å². The zero-order valence-corrected chi connectivity index (χ0v) is 14.9. The lowest BCUT2D eigenvalue weighted by molar-refractivity contribution is 0.0593. The van der Waals surface area contributed by atoms with E-state index >= 15 is 0 Å². The molecule has 1 aliphatic heterocycles. The van der Waals surface area contributed by atoms with Gasteiger partial charge < -0.3 is 10.2 Å². The zero-order chi connectivity index (χ0) is 17.3. The number of rotatable bonds is 4. The number of carbonyl (C=O) groups excluding carboxylic acids is 1. The molecule has 2 aromatic carbocycles. The molecule has 2 unspecified atom stereocenters. The zero-order valence-electron chi connectivity index (χ0n) is 14.9. The molecule has 1 amide bonds. The van der Waals surface area contributed by atoms with E-state index in [9.17, 15) is 4.79 Å². The number of hydrogen-bond acceptors (Lipinski definition) is 2. The van der Waals surface area contributed by atoms with Crippen LogP contribution in [0.5, 0.6) is 0 Å². The average molecular weight is 322 g/mol. The van der Waals surface area contributed by atoms with Crippen molar-refractivity contribution < 1.29 is 4.79 Å². The van der Waals surface area contributed by atoms with Crippen LogP contribution in [0.3, 0.4) is 0 Å². The summed E-state index contributed by atoms with van der Waals surface area (Å²) in [6.45, 7) is 8.62. The van der Waals surface area contributed by atoms with Crippen molar-refractivity contribution in [3.63, 3.8) is 0 Å². The Hall–Kier alpha value is -2.29. The van der Waals surface area contributed by atoms with Gasteiger partial charge in [-0.25, -0.2) is 0 Å². The van der Waals surface area contributed by atoms with Crippen molar-refractivity contribution in [2.45, 2.75) is 52.2 Å². The number of para-hydroxylation sites is 1. The topological polar surface area (TPSA) is 32.3 Å². The fourth-order valence-corrected chi connectivity index (χ4v) is 3.23. The second-order valence-electron chi connectivity index (χ2n) is 6.88. The number of amides is 1. The molecule has 0 saturated carbocycles. The Morgan fingerprint density at radius 3 is 2.33 bits per heavy atom. The van der Waals surface area contributed by atoms with Gasteiger partial charge in [-0.1, -0.05) is 57.2 Å². The van der Waals surface area contributed by atoms with Gasteiger partial charge in [0.05, 0.1) is 5.56 Å². The lowest BCUT2D eigenvalue weighted by atomic mass is 9.97. The van der Waals surface area contributed by atoms with Gasteiger partial charge >= 0.3 is 0 Å². The SMILES string of the molecule is CCC(C)N1C(=O)c2ccccc2NC1c1ccc(C(C)C)cc1. The van der Waals surface area contributed by atoms with Crippen molar-refractivity contribution in [3.8, 4) is 0 Å². The van der Waals surface area contributed by atoms with Gasteiger partial charge in [-0.2, -0.15) is 0 Å². The Kier molecular flexibility index (Phi) is 4.61. The predicted octanol–water partition coefficient (Wildman–Crippen LogP) is 5.18. The maximum atomic E-state index is 13.1. The van der Waals surface area contributed by atoms with Crippen molar-refractivity contribution in [3.05, 3.63) is 65.2 Å². The molecule has 1 N–H and O–H groups in total. The minimum Gasteiger partial charge on any atom is -0.361 e. The lowest BCUT2D eigenvalue weighted by Crippen LogP contribution is -2.47. The maximum Gasteiger partial charge on any atom is 0.258 e. The van der Waals surface area contributed by atoms with Gasteiger partial charge in [0.2, 0.25) is 0 Å². The van der Waals surface area contributed by atoms with Gasteiger partial charge in [0.15, 0.2) is 0 Å². The molecule has 3 nitrogen and oxygen atoms in total. The highest BCUT2D eigenvalue weighted by Crippen LogP contribution is 2.35. The molecule has 0 fully saturated rings. The van der Waals surface area contributed by atoms with Crippen molar-refractivity contribution in [1.29, 1.82) is 0 Å². The molecule has 0 spiro atoms. The van der Waals surface area contributed by atoms with Gasteiger partial charge in [-0.05, 0) is 42.5 Å². The van der Waals surface area contributed by atoms with Crippen LogP contribution in [0.4, 0.5) is 5.69 Å².